The molecule has 5 atom stereocenters. The number of aromatic hydroxyl groups is 2. The number of hydrogen-bond acceptors (Lipinski definition) is 12. The molecule has 35 heavy (non-hydrogen) atoms. The van der Waals surface area contributed by atoms with Gasteiger partial charge in [-0.2, -0.15) is 0 Å². The molecule has 6 N–H and O–H groups in total. The molecule has 0 spiro atoms. The number of aliphatic hydroxyl groups excluding tert-OH is 4. The number of aliphatic hydroxyl groups is 4. The highest BCUT2D eigenvalue weighted by molar-refractivity contribution is 5.91. The summed E-state index contributed by atoms with van der Waals surface area (Å²) >= 11 is 0. The van der Waals surface area contributed by atoms with Crippen LogP contribution in [0.4, 0.5) is 0 Å². The molecule has 2 aromatic carbocycles. The van der Waals surface area contributed by atoms with Crippen LogP contribution in [0.25, 0.3) is 22.3 Å². The van der Waals surface area contributed by atoms with Gasteiger partial charge in [-0.1, -0.05) is 0 Å². The van der Waals surface area contributed by atoms with E-state index in [0.29, 0.717) is 0 Å². The predicted molar refractivity (Wildman–Crippen MR) is 119 cm³/mol. The number of hydrogen-bond donors (Lipinski definition) is 6. The molecule has 1 aliphatic heterocycles. The molecule has 3 aromatic rings. The third-order valence-corrected chi connectivity index (χ3v) is 5.67. The first-order valence-electron chi connectivity index (χ1n) is 10.4. The van der Waals surface area contributed by atoms with Crippen molar-refractivity contribution < 1.29 is 54.0 Å². The highest BCUT2D eigenvalue weighted by Crippen LogP contribution is 2.44. The van der Waals surface area contributed by atoms with Crippen LogP contribution in [0.1, 0.15) is 0 Å². The largest absolute Gasteiger partial charge is 0.508 e. The van der Waals surface area contributed by atoms with E-state index in [1.54, 1.807) is 0 Å². The monoisotopic (exact) mass is 492 g/mol. The summed E-state index contributed by atoms with van der Waals surface area (Å²) in [5.41, 5.74) is -0.699. The minimum atomic E-state index is -1.81. The fourth-order valence-electron chi connectivity index (χ4n) is 3.82. The van der Waals surface area contributed by atoms with E-state index in [1.807, 2.05) is 0 Å². The van der Waals surface area contributed by atoms with Gasteiger partial charge < -0.3 is 54.0 Å². The lowest BCUT2D eigenvalue weighted by Gasteiger charge is -2.39. The molecule has 2 heterocycles. The van der Waals surface area contributed by atoms with E-state index in [-0.39, 0.29) is 39.5 Å². The van der Waals surface area contributed by atoms with Crippen LogP contribution in [0.15, 0.2) is 39.5 Å². The van der Waals surface area contributed by atoms with Gasteiger partial charge in [-0.3, -0.25) is 4.79 Å². The third-order valence-electron chi connectivity index (χ3n) is 5.67. The average Bonchev–Trinajstić information content (AvgIpc) is 2.85. The van der Waals surface area contributed by atoms with Gasteiger partial charge in [0.05, 0.1) is 20.8 Å². The second kappa shape index (κ2) is 9.60. The van der Waals surface area contributed by atoms with Crippen LogP contribution >= 0.6 is 0 Å². The molecule has 12 nitrogen and oxygen atoms in total. The van der Waals surface area contributed by atoms with E-state index in [0.717, 1.165) is 0 Å². The van der Waals surface area contributed by atoms with Crippen molar-refractivity contribution in [1.82, 2.24) is 0 Å². The Balaban J connectivity index is 1.94. The lowest BCUT2D eigenvalue weighted by Crippen LogP contribution is -2.60. The molecule has 1 aromatic heterocycles. The number of phenols is 2. The van der Waals surface area contributed by atoms with Crippen LogP contribution in [-0.2, 0) is 4.74 Å². The molecule has 1 aliphatic rings. The Hall–Kier alpha value is -3.55. The molecule has 0 aliphatic carbocycles. The van der Waals surface area contributed by atoms with Gasteiger partial charge in [-0.15, -0.1) is 0 Å². The van der Waals surface area contributed by atoms with Crippen molar-refractivity contribution in [3.05, 3.63) is 40.6 Å². The summed E-state index contributed by atoms with van der Waals surface area (Å²) in [6.07, 6.45) is -8.20. The van der Waals surface area contributed by atoms with Crippen LogP contribution < -0.4 is 19.6 Å². The van der Waals surface area contributed by atoms with E-state index in [1.165, 1.54) is 44.6 Å². The quantitative estimate of drug-likeness (QED) is 0.272. The van der Waals surface area contributed by atoms with Crippen molar-refractivity contribution >= 4 is 11.0 Å². The Labute approximate surface area is 197 Å². The van der Waals surface area contributed by atoms with Crippen molar-refractivity contribution in [3.63, 3.8) is 0 Å². The lowest BCUT2D eigenvalue weighted by molar-refractivity contribution is -0.277. The Morgan fingerprint density at radius 3 is 2.23 bits per heavy atom. The molecule has 1 saturated heterocycles. The number of methoxy groups -OCH3 is 2. The van der Waals surface area contributed by atoms with E-state index >= 15 is 0 Å². The Morgan fingerprint density at radius 2 is 1.63 bits per heavy atom. The molecular weight excluding hydrogens is 468 g/mol. The highest BCUT2D eigenvalue weighted by Gasteiger charge is 2.45. The van der Waals surface area contributed by atoms with Crippen molar-refractivity contribution in [3.8, 4) is 40.1 Å². The first-order valence-corrected chi connectivity index (χ1v) is 10.4. The first-order chi connectivity index (χ1) is 16.7. The maximum absolute atomic E-state index is 13.6. The molecular formula is C23H24O12. The van der Waals surface area contributed by atoms with Crippen LogP contribution in [0.5, 0.6) is 28.7 Å². The maximum atomic E-state index is 13.6. The molecule has 0 amide bonds. The van der Waals surface area contributed by atoms with Gasteiger partial charge >= 0.3 is 0 Å². The summed E-state index contributed by atoms with van der Waals surface area (Å²) in [6.45, 7) is -0.709. The summed E-state index contributed by atoms with van der Waals surface area (Å²) < 4.78 is 27.3. The Kier molecular flexibility index (Phi) is 6.74. The van der Waals surface area contributed by atoms with Crippen molar-refractivity contribution in [2.24, 2.45) is 0 Å². The molecule has 0 unspecified atom stereocenters. The normalized spacial score (nSPS) is 24.3. The molecule has 12 heteroatoms. The minimum absolute atomic E-state index is 0.0580. The lowest BCUT2D eigenvalue weighted by atomic mass is 9.99. The van der Waals surface area contributed by atoms with Crippen molar-refractivity contribution in [1.29, 1.82) is 0 Å². The van der Waals surface area contributed by atoms with Gasteiger partial charge in [0.1, 0.15) is 41.1 Å². The first kappa shape index (κ1) is 24.6. The van der Waals surface area contributed by atoms with Gasteiger partial charge in [0.25, 0.3) is 0 Å². The number of phenolic OH excluding ortho intramolecular Hbond substituents is 2. The predicted octanol–water partition coefficient (Wildman–Crippen LogP) is 0.0671. The zero-order valence-electron chi connectivity index (χ0n) is 18.6. The van der Waals surface area contributed by atoms with E-state index < -0.39 is 54.2 Å². The van der Waals surface area contributed by atoms with Gasteiger partial charge in [-0.05, 0) is 24.3 Å². The van der Waals surface area contributed by atoms with Crippen LogP contribution in [-0.4, -0.2) is 82.2 Å². The third kappa shape index (κ3) is 4.22. The van der Waals surface area contributed by atoms with Crippen LogP contribution in [0.2, 0.25) is 0 Å². The molecule has 4 rings (SSSR count). The van der Waals surface area contributed by atoms with Crippen LogP contribution in [0.3, 0.4) is 0 Å². The SMILES string of the molecule is COc1cc2oc(-c3ccc(O)cc3)c(O[C@@H]3O[C@H](CO)[C@@H](O)[C@@H](O)[C@H]3O)c(=O)c2c(O)c1OC. The fraction of sp³-hybridized carbons (Fsp3) is 0.348. The van der Waals surface area contributed by atoms with E-state index in [4.69, 9.17) is 23.4 Å². The topological polar surface area (TPSA) is 189 Å². The summed E-state index contributed by atoms with van der Waals surface area (Å²) in [5, 5.41) is 60.0. The Morgan fingerprint density at radius 1 is 0.943 bits per heavy atom. The van der Waals surface area contributed by atoms with E-state index in [2.05, 4.69) is 0 Å². The van der Waals surface area contributed by atoms with Crippen molar-refractivity contribution in [2.45, 2.75) is 30.7 Å². The summed E-state index contributed by atoms with van der Waals surface area (Å²) in [5.74, 6) is -1.38. The second-order valence-electron chi connectivity index (χ2n) is 7.79. The number of rotatable bonds is 6. The average molecular weight is 492 g/mol. The molecule has 0 bridgehead atoms. The zero-order chi connectivity index (χ0) is 25.4. The van der Waals surface area contributed by atoms with Gasteiger partial charge in [0.15, 0.2) is 17.3 Å². The summed E-state index contributed by atoms with van der Waals surface area (Å²) in [4.78, 5) is 13.6. The molecule has 0 saturated carbocycles. The van der Waals surface area contributed by atoms with Gasteiger partial charge in [0, 0.05) is 11.6 Å². The van der Waals surface area contributed by atoms with Gasteiger partial charge in [-0.25, -0.2) is 0 Å². The second-order valence-corrected chi connectivity index (χ2v) is 7.79. The minimum Gasteiger partial charge on any atom is -0.508 e. The summed E-state index contributed by atoms with van der Waals surface area (Å²) in [7, 11) is 2.60. The zero-order valence-corrected chi connectivity index (χ0v) is 18.6. The highest BCUT2D eigenvalue weighted by atomic mass is 16.7. The van der Waals surface area contributed by atoms with Crippen LogP contribution in [0, 0.1) is 0 Å². The number of benzene rings is 2. The molecule has 1 fully saturated rings. The maximum Gasteiger partial charge on any atom is 0.239 e. The Bertz CT molecular complexity index is 1270. The molecule has 0 radical (unpaired) electrons. The van der Waals surface area contributed by atoms with E-state index in [9.17, 15) is 35.4 Å². The van der Waals surface area contributed by atoms with Gasteiger partial charge in [0.2, 0.25) is 23.2 Å². The number of fused-ring (bicyclic) bond motifs is 1. The van der Waals surface area contributed by atoms with Crippen molar-refractivity contribution in [2.75, 3.05) is 20.8 Å². The standard InChI is InChI=1S/C23H24O12/c1-31-12-7-11-14(16(27)21(12)32-2)17(28)22(20(33-11)9-3-5-10(25)6-4-9)35-23-19(30)18(29)15(26)13(8-24)34-23/h3-7,13,15,18-19,23-27,29-30H,8H2,1-2H3/t13-,15-,18-,19-,23+/m1/s1. The number of ether oxygens (including phenoxy) is 4. The fourth-order valence-corrected chi connectivity index (χ4v) is 3.82. The smallest absolute Gasteiger partial charge is 0.239 e. The molecule has 188 valence electrons. The summed E-state index contributed by atoms with van der Waals surface area (Å²) in [6, 6.07) is 6.86.